The molecule has 2 aromatic rings. The van der Waals surface area contributed by atoms with Crippen molar-refractivity contribution in [3.63, 3.8) is 0 Å². The molecule has 1 saturated carbocycles. The van der Waals surface area contributed by atoms with Crippen molar-refractivity contribution in [3.05, 3.63) is 45.5 Å². The summed E-state index contributed by atoms with van der Waals surface area (Å²) in [5.41, 5.74) is -0.776. The van der Waals surface area contributed by atoms with Gasteiger partial charge in [-0.25, -0.2) is 14.4 Å². The van der Waals surface area contributed by atoms with E-state index in [2.05, 4.69) is 15.1 Å². The van der Waals surface area contributed by atoms with Crippen molar-refractivity contribution < 1.29 is 9.50 Å². The van der Waals surface area contributed by atoms with Crippen LogP contribution >= 0.6 is 23.8 Å². The van der Waals surface area contributed by atoms with Gasteiger partial charge >= 0.3 is 0 Å². The Morgan fingerprint density at radius 1 is 1.50 bits per heavy atom. The number of hydrogen-bond acceptors (Lipinski definition) is 4. The molecule has 0 amide bonds. The summed E-state index contributed by atoms with van der Waals surface area (Å²) in [7, 11) is 0. The molecular weight excluding hydrogens is 351 g/mol. The van der Waals surface area contributed by atoms with E-state index in [1.54, 1.807) is 10.8 Å². The summed E-state index contributed by atoms with van der Waals surface area (Å²) in [5.74, 6) is -0.475. The van der Waals surface area contributed by atoms with Crippen molar-refractivity contribution in [3.8, 4) is 0 Å². The van der Waals surface area contributed by atoms with Gasteiger partial charge in [0.15, 0.2) is 0 Å². The van der Waals surface area contributed by atoms with Crippen LogP contribution in [0.2, 0.25) is 5.15 Å². The number of pyridine rings is 1. The van der Waals surface area contributed by atoms with Gasteiger partial charge in [-0.1, -0.05) is 25.4 Å². The van der Waals surface area contributed by atoms with Crippen LogP contribution in [-0.4, -0.2) is 30.5 Å². The van der Waals surface area contributed by atoms with Gasteiger partial charge in [-0.2, -0.15) is 0 Å². The van der Waals surface area contributed by atoms with Crippen LogP contribution < -0.4 is 0 Å². The summed E-state index contributed by atoms with van der Waals surface area (Å²) in [6, 6.07) is 2.67. The van der Waals surface area contributed by atoms with Crippen molar-refractivity contribution in [1.82, 2.24) is 19.7 Å². The SMILES string of the molecule is CC1(C)CCC(=Cc2nc(Cl)ccc2F)C1(O)Cn1[nH]cnc1=S. The molecule has 0 saturated heterocycles. The molecule has 0 aliphatic heterocycles. The van der Waals surface area contributed by atoms with Crippen LogP contribution in [0.25, 0.3) is 6.08 Å². The summed E-state index contributed by atoms with van der Waals surface area (Å²) in [6.45, 7) is 4.18. The zero-order chi connectivity index (χ0) is 17.5. The van der Waals surface area contributed by atoms with Gasteiger partial charge in [0.2, 0.25) is 4.77 Å². The van der Waals surface area contributed by atoms with Gasteiger partial charge in [-0.05, 0) is 54.3 Å². The molecular formula is C16H18ClFN4OS. The molecule has 1 aliphatic carbocycles. The third-order valence-corrected chi connectivity index (χ3v) is 5.36. The lowest BCUT2D eigenvalue weighted by Crippen LogP contribution is -2.45. The van der Waals surface area contributed by atoms with Gasteiger partial charge in [-0.15, -0.1) is 0 Å². The van der Waals surface area contributed by atoms with Gasteiger partial charge in [-0.3, -0.25) is 9.78 Å². The van der Waals surface area contributed by atoms with Crippen LogP contribution in [0, 0.1) is 16.0 Å². The molecule has 1 unspecified atom stereocenters. The molecule has 2 aromatic heterocycles. The average Bonchev–Trinajstić information content (AvgIpc) is 3.00. The Hall–Kier alpha value is -1.57. The first-order valence-electron chi connectivity index (χ1n) is 7.59. The average molecular weight is 369 g/mol. The predicted molar refractivity (Wildman–Crippen MR) is 92.6 cm³/mol. The van der Waals surface area contributed by atoms with Crippen molar-refractivity contribution in [2.24, 2.45) is 5.41 Å². The van der Waals surface area contributed by atoms with Crippen LogP contribution in [0.15, 0.2) is 24.0 Å². The fourth-order valence-electron chi connectivity index (χ4n) is 3.12. The molecule has 128 valence electrons. The van der Waals surface area contributed by atoms with Gasteiger partial charge in [0.25, 0.3) is 0 Å². The fourth-order valence-corrected chi connectivity index (χ4v) is 3.45. The zero-order valence-corrected chi connectivity index (χ0v) is 15.0. The lowest BCUT2D eigenvalue weighted by atomic mass is 9.76. The van der Waals surface area contributed by atoms with E-state index in [4.69, 9.17) is 23.8 Å². The Labute approximate surface area is 149 Å². The van der Waals surface area contributed by atoms with Crippen molar-refractivity contribution in [2.45, 2.75) is 38.8 Å². The van der Waals surface area contributed by atoms with Crippen molar-refractivity contribution in [1.29, 1.82) is 0 Å². The van der Waals surface area contributed by atoms with Crippen LogP contribution in [0.3, 0.4) is 0 Å². The van der Waals surface area contributed by atoms with Gasteiger partial charge in [0.05, 0.1) is 6.54 Å². The Morgan fingerprint density at radius 2 is 2.25 bits per heavy atom. The first kappa shape index (κ1) is 17.3. The maximum atomic E-state index is 14.0. The fraction of sp³-hybridized carbons (Fsp3) is 0.438. The van der Waals surface area contributed by atoms with Gasteiger partial charge < -0.3 is 5.11 Å². The molecule has 1 aliphatic rings. The highest BCUT2D eigenvalue weighted by atomic mass is 35.5. The van der Waals surface area contributed by atoms with Crippen LogP contribution in [-0.2, 0) is 6.54 Å². The van der Waals surface area contributed by atoms with E-state index in [0.717, 1.165) is 6.42 Å². The van der Waals surface area contributed by atoms with Gasteiger partial charge in [0.1, 0.15) is 28.6 Å². The highest BCUT2D eigenvalue weighted by Gasteiger charge is 2.51. The Bertz CT molecular complexity index is 860. The van der Waals surface area contributed by atoms with E-state index in [-0.39, 0.29) is 17.4 Å². The molecule has 24 heavy (non-hydrogen) atoms. The molecule has 1 atom stereocenters. The van der Waals surface area contributed by atoms with E-state index in [1.807, 2.05) is 13.8 Å². The molecule has 0 aromatic carbocycles. The predicted octanol–water partition coefficient (Wildman–Crippen LogP) is 3.76. The molecule has 0 spiro atoms. The highest BCUT2D eigenvalue weighted by molar-refractivity contribution is 7.71. The summed E-state index contributed by atoms with van der Waals surface area (Å²) < 4.78 is 16.0. The Kier molecular flexibility index (Phi) is 4.36. The number of hydrogen-bond donors (Lipinski definition) is 2. The van der Waals surface area contributed by atoms with E-state index in [9.17, 15) is 9.50 Å². The topological polar surface area (TPSA) is 66.7 Å². The van der Waals surface area contributed by atoms with Crippen molar-refractivity contribution in [2.75, 3.05) is 0 Å². The maximum Gasteiger partial charge on any atom is 0.215 e. The summed E-state index contributed by atoms with van der Waals surface area (Å²) >= 11 is 11.0. The Morgan fingerprint density at radius 3 is 2.92 bits per heavy atom. The quantitative estimate of drug-likeness (QED) is 0.639. The maximum absolute atomic E-state index is 14.0. The summed E-state index contributed by atoms with van der Waals surface area (Å²) in [5, 5.41) is 14.5. The summed E-state index contributed by atoms with van der Waals surface area (Å²) in [6.07, 6.45) is 4.47. The third-order valence-electron chi connectivity index (χ3n) is 4.83. The van der Waals surface area contributed by atoms with E-state index in [0.29, 0.717) is 16.8 Å². The number of aliphatic hydroxyl groups is 1. The second kappa shape index (κ2) is 6.06. The van der Waals surface area contributed by atoms with E-state index < -0.39 is 16.8 Å². The normalized spacial score (nSPS) is 24.6. The molecule has 2 heterocycles. The second-order valence-corrected chi connectivity index (χ2v) is 7.42. The minimum absolute atomic E-state index is 0.127. The number of nitrogens with one attached hydrogen (secondary N) is 1. The van der Waals surface area contributed by atoms with Crippen LogP contribution in [0.5, 0.6) is 0 Å². The number of aromatic amines is 1. The first-order chi connectivity index (χ1) is 11.2. The van der Waals surface area contributed by atoms with E-state index >= 15 is 0 Å². The molecule has 3 rings (SSSR count). The van der Waals surface area contributed by atoms with Crippen LogP contribution in [0.1, 0.15) is 32.4 Å². The number of H-pyrrole nitrogens is 1. The van der Waals surface area contributed by atoms with E-state index in [1.165, 1.54) is 18.5 Å². The molecule has 2 N–H and O–H groups in total. The molecule has 5 nitrogen and oxygen atoms in total. The molecule has 0 radical (unpaired) electrons. The minimum Gasteiger partial charge on any atom is -0.383 e. The minimum atomic E-state index is -1.20. The van der Waals surface area contributed by atoms with Crippen molar-refractivity contribution >= 4 is 29.9 Å². The summed E-state index contributed by atoms with van der Waals surface area (Å²) in [4.78, 5) is 7.99. The van der Waals surface area contributed by atoms with Crippen LogP contribution in [0.4, 0.5) is 4.39 Å². The van der Waals surface area contributed by atoms with Gasteiger partial charge in [0, 0.05) is 0 Å². The largest absolute Gasteiger partial charge is 0.383 e. The smallest absolute Gasteiger partial charge is 0.215 e. The molecule has 0 bridgehead atoms. The lowest BCUT2D eigenvalue weighted by Gasteiger charge is -2.37. The third kappa shape index (κ3) is 2.92. The molecule has 8 heteroatoms. The number of rotatable bonds is 3. The molecule has 1 fully saturated rings. The highest BCUT2D eigenvalue weighted by Crippen LogP contribution is 2.50. The standard InChI is InChI=1S/C16H18ClFN4OS/c1-15(2)6-5-10(7-12-11(18)3-4-13(17)21-12)16(15,23)8-22-14(24)19-9-20-22/h3-4,7,9,23H,5-6,8H2,1-2H3,(H,19,20,24). The number of halogens is 2. The second-order valence-electron chi connectivity index (χ2n) is 6.67. The zero-order valence-electron chi connectivity index (χ0n) is 13.4. The lowest BCUT2D eigenvalue weighted by molar-refractivity contribution is -0.0301. The number of nitrogens with zero attached hydrogens (tertiary/aromatic N) is 3. The monoisotopic (exact) mass is 368 g/mol. The Balaban J connectivity index is 2.06. The first-order valence-corrected chi connectivity index (χ1v) is 8.37. The number of aromatic nitrogens is 4.